The number of nitriles is 1. The lowest BCUT2D eigenvalue weighted by molar-refractivity contribution is -0.129. The normalized spacial score (nSPS) is 10.5. The van der Waals surface area contributed by atoms with Gasteiger partial charge >= 0.3 is 0 Å². The molecule has 0 N–H and O–H groups in total. The number of tetrazole rings is 1. The van der Waals surface area contributed by atoms with E-state index in [1.54, 1.807) is 28.0 Å². The summed E-state index contributed by atoms with van der Waals surface area (Å²) in [6, 6.07) is 15.5. The number of hydrogen-bond donors (Lipinski definition) is 0. The van der Waals surface area contributed by atoms with Gasteiger partial charge in [-0.05, 0) is 28.1 Å². The van der Waals surface area contributed by atoms with Crippen molar-refractivity contribution in [1.29, 1.82) is 5.26 Å². The molecular formula is C18H18N6O2S. The number of aromatic nitrogens is 4. The summed E-state index contributed by atoms with van der Waals surface area (Å²) < 4.78 is 6.98. The minimum absolute atomic E-state index is 0.0964. The van der Waals surface area contributed by atoms with Crippen molar-refractivity contribution in [3.63, 3.8) is 0 Å². The van der Waals surface area contributed by atoms with Gasteiger partial charge in [-0.15, -0.1) is 5.10 Å². The van der Waals surface area contributed by atoms with Crippen molar-refractivity contribution in [3.8, 4) is 6.07 Å². The Labute approximate surface area is 160 Å². The number of rotatable bonds is 9. The molecule has 0 aliphatic heterocycles. The summed E-state index contributed by atoms with van der Waals surface area (Å²) in [5, 5.41) is 21.1. The molecule has 3 aromatic rings. The molecule has 0 radical (unpaired) electrons. The van der Waals surface area contributed by atoms with E-state index in [2.05, 4.69) is 21.6 Å². The summed E-state index contributed by atoms with van der Waals surface area (Å²) in [5.74, 6) is 0.766. The maximum Gasteiger partial charge on any atom is 0.233 e. The number of nitrogens with zero attached hydrogens (tertiary/aromatic N) is 6. The van der Waals surface area contributed by atoms with Gasteiger partial charge in [-0.2, -0.15) is 5.26 Å². The molecule has 0 spiro atoms. The fourth-order valence-electron chi connectivity index (χ4n) is 2.44. The van der Waals surface area contributed by atoms with Crippen molar-refractivity contribution in [2.24, 2.45) is 0 Å². The third-order valence-electron chi connectivity index (χ3n) is 3.77. The molecule has 1 aromatic carbocycles. The van der Waals surface area contributed by atoms with Crippen molar-refractivity contribution in [3.05, 3.63) is 60.1 Å². The zero-order valence-corrected chi connectivity index (χ0v) is 15.4. The smallest absolute Gasteiger partial charge is 0.233 e. The van der Waals surface area contributed by atoms with Gasteiger partial charge in [-0.3, -0.25) is 4.79 Å². The second-order valence-electron chi connectivity index (χ2n) is 5.70. The van der Waals surface area contributed by atoms with E-state index in [4.69, 9.17) is 9.68 Å². The van der Waals surface area contributed by atoms with E-state index in [0.717, 1.165) is 5.56 Å². The minimum Gasteiger partial charge on any atom is -0.467 e. The van der Waals surface area contributed by atoms with E-state index in [0.29, 0.717) is 30.6 Å². The predicted molar refractivity (Wildman–Crippen MR) is 98.4 cm³/mol. The Kier molecular flexibility index (Phi) is 6.60. The number of amides is 1. The zero-order valence-electron chi connectivity index (χ0n) is 14.6. The van der Waals surface area contributed by atoms with Crippen LogP contribution in [0.4, 0.5) is 0 Å². The Balaban J connectivity index is 1.60. The first-order valence-electron chi connectivity index (χ1n) is 8.36. The van der Waals surface area contributed by atoms with Crippen molar-refractivity contribution < 1.29 is 9.21 Å². The number of carbonyl (C=O) groups is 1. The highest BCUT2D eigenvalue weighted by atomic mass is 32.2. The average molecular weight is 382 g/mol. The van der Waals surface area contributed by atoms with Crippen LogP contribution in [0.15, 0.2) is 58.3 Å². The van der Waals surface area contributed by atoms with Crippen LogP contribution in [0.1, 0.15) is 17.7 Å². The molecule has 2 heterocycles. The number of thioether (sulfide) groups is 1. The molecule has 3 rings (SSSR count). The molecule has 0 saturated carbocycles. The molecule has 9 heteroatoms. The average Bonchev–Trinajstić information content (AvgIpc) is 3.36. The quantitative estimate of drug-likeness (QED) is 0.524. The Bertz CT molecular complexity index is 888. The molecule has 2 aromatic heterocycles. The van der Waals surface area contributed by atoms with Crippen molar-refractivity contribution in [2.75, 3.05) is 12.3 Å². The molecule has 27 heavy (non-hydrogen) atoms. The van der Waals surface area contributed by atoms with Gasteiger partial charge in [0.1, 0.15) is 5.76 Å². The van der Waals surface area contributed by atoms with E-state index < -0.39 is 0 Å². The molecule has 0 aliphatic rings. The van der Waals surface area contributed by atoms with E-state index in [1.165, 1.54) is 11.8 Å². The van der Waals surface area contributed by atoms with Crippen LogP contribution in [0.25, 0.3) is 0 Å². The predicted octanol–water partition coefficient (Wildman–Crippen LogP) is 2.35. The Morgan fingerprint density at radius 1 is 1.26 bits per heavy atom. The van der Waals surface area contributed by atoms with E-state index >= 15 is 0 Å². The molecule has 0 unspecified atom stereocenters. The fraction of sp³-hybridized carbons (Fsp3) is 0.278. The summed E-state index contributed by atoms with van der Waals surface area (Å²) in [5.41, 5.74) is 1.08. The SMILES string of the molecule is N#CCCN(Cc1ccco1)C(=O)CSc1nnnn1Cc1ccccc1. The Hall–Kier alpha value is -3.12. The summed E-state index contributed by atoms with van der Waals surface area (Å²) in [4.78, 5) is 14.2. The van der Waals surface area contributed by atoms with Gasteiger partial charge in [0.05, 0.1) is 37.6 Å². The van der Waals surface area contributed by atoms with E-state index in [-0.39, 0.29) is 18.1 Å². The van der Waals surface area contributed by atoms with Crippen molar-refractivity contribution >= 4 is 17.7 Å². The van der Waals surface area contributed by atoms with Gasteiger partial charge in [-0.1, -0.05) is 42.1 Å². The van der Waals surface area contributed by atoms with E-state index in [9.17, 15) is 4.79 Å². The maximum atomic E-state index is 12.6. The van der Waals surface area contributed by atoms with E-state index in [1.807, 2.05) is 30.3 Å². The van der Waals surface area contributed by atoms with Crippen LogP contribution in [0.5, 0.6) is 0 Å². The summed E-state index contributed by atoms with van der Waals surface area (Å²) in [6.45, 7) is 1.23. The van der Waals surface area contributed by atoms with Crippen LogP contribution in [0.2, 0.25) is 0 Å². The Morgan fingerprint density at radius 2 is 2.11 bits per heavy atom. The van der Waals surface area contributed by atoms with Gasteiger partial charge < -0.3 is 9.32 Å². The van der Waals surface area contributed by atoms with Crippen LogP contribution < -0.4 is 0 Å². The van der Waals surface area contributed by atoms with Gasteiger partial charge in [0.25, 0.3) is 0 Å². The third-order valence-corrected chi connectivity index (χ3v) is 4.71. The first-order chi connectivity index (χ1) is 13.3. The van der Waals surface area contributed by atoms with Crippen LogP contribution in [-0.4, -0.2) is 43.3 Å². The highest BCUT2D eigenvalue weighted by molar-refractivity contribution is 7.99. The van der Waals surface area contributed by atoms with Crippen LogP contribution in [0, 0.1) is 11.3 Å². The largest absolute Gasteiger partial charge is 0.467 e. The fourth-order valence-corrected chi connectivity index (χ4v) is 3.22. The molecular weight excluding hydrogens is 364 g/mol. The first-order valence-corrected chi connectivity index (χ1v) is 9.35. The number of furan rings is 1. The zero-order chi connectivity index (χ0) is 18.9. The molecule has 0 bridgehead atoms. The summed E-state index contributed by atoms with van der Waals surface area (Å²) >= 11 is 1.28. The first kappa shape index (κ1) is 18.7. The summed E-state index contributed by atoms with van der Waals surface area (Å²) in [6.07, 6.45) is 1.83. The number of benzene rings is 1. The molecule has 0 saturated heterocycles. The third kappa shape index (κ3) is 5.43. The van der Waals surface area contributed by atoms with Gasteiger partial charge in [0.15, 0.2) is 0 Å². The van der Waals surface area contributed by atoms with Crippen LogP contribution in [-0.2, 0) is 17.9 Å². The standard InChI is InChI=1S/C18H18N6O2S/c19-9-5-10-23(13-16-8-4-11-26-16)17(25)14-27-18-20-21-22-24(18)12-15-6-2-1-3-7-15/h1-4,6-8,11H,5,10,12-14H2. The topological polar surface area (TPSA) is 101 Å². The molecule has 138 valence electrons. The Morgan fingerprint density at radius 3 is 2.85 bits per heavy atom. The number of carbonyl (C=O) groups excluding carboxylic acids is 1. The molecule has 0 fully saturated rings. The van der Waals surface area contributed by atoms with Crippen molar-refractivity contribution in [1.82, 2.24) is 25.1 Å². The lowest BCUT2D eigenvalue weighted by atomic mass is 10.2. The van der Waals surface area contributed by atoms with Gasteiger partial charge in [0.2, 0.25) is 11.1 Å². The molecule has 0 atom stereocenters. The summed E-state index contributed by atoms with van der Waals surface area (Å²) in [7, 11) is 0. The molecule has 1 amide bonds. The molecule has 8 nitrogen and oxygen atoms in total. The molecule has 0 aliphatic carbocycles. The lowest BCUT2D eigenvalue weighted by Crippen LogP contribution is -2.32. The van der Waals surface area contributed by atoms with Crippen LogP contribution >= 0.6 is 11.8 Å². The van der Waals surface area contributed by atoms with Crippen LogP contribution in [0.3, 0.4) is 0 Å². The minimum atomic E-state index is -0.0964. The highest BCUT2D eigenvalue weighted by Gasteiger charge is 2.17. The highest BCUT2D eigenvalue weighted by Crippen LogP contribution is 2.17. The van der Waals surface area contributed by atoms with Crippen molar-refractivity contribution in [2.45, 2.75) is 24.7 Å². The second-order valence-corrected chi connectivity index (χ2v) is 6.64. The monoisotopic (exact) mass is 382 g/mol. The van der Waals surface area contributed by atoms with Gasteiger partial charge in [0, 0.05) is 6.54 Å². The lowest BCUT2D eigenvalue weighted by Gasteiger charge is -2.20. The number of hydrogen-bond acceptors (Lipinski definition) is 7. The van der Waals surface area contributed by atoms with Gasteiger partial charge in [-0.25, -0.2) is 4.68 Å². The maximum absolute atomic E-state index is 12.6. The second kappa shape index (κ2) is 9.54.